The van der Waals surface area contributed by atoms with E-state index in [2.05, 4.69) is 10.6 Å². The number of sulfonamides is 1. The summed E-state index contributed by atoms with van der Waals surface area (Å²) >= 11 is 0. The van der Waals surface area contributed by atoms with Crippen LogP contribution in [-0.4, -0.2) is 194 Å². The topological polar surface area (TPSA) is 317 Å². The molecular formula is C75H106N4O19S. The van der Waals surface area contributed by atoms with E-state index < -0.39 is 130 Å². The fraction of sp³-hybridized carbons (Fsp3) is 0.627. The van der Waals surface area contributed by atoms with Crippen LogP contribution in [0.2, 0.25) is 0 Å². The first-order chi connectivity index (χ1) is 47.2. The second kappa shape index (κ2) is 35.9. The quantitative estimate of drug-likeness (QED) is 0.0278. The molecule has 3 saturated heterocycles. The van der Waals surface area contributed by atoms with Crippen molar-refractivity contribution >= 4 is 45.3 Å². The van der Waals surface area contributed by atoms with Gasteiger partial charge in [-0.1, -0.05) is 94.8 Å². The molecule has 6 N–H and O–H groups in total. The molecule has 2 unspecified atom stereocenters. The number of rotatable bonds is 25. The Morgan fingerprint density at radius 3 is 2.19 bits per heavy atom. The van der Waals surface area contributed by atoms with E-state index in [-0.39, 0.29) is 105 Å². The fourth-order valence-corrected chi connectivity index (χ4v) is 16.7. The van der Waals surface area contributed by atoms with Crippen molar-refractivity contribution in [3.63, 3.8) is 0 Å². The van der Waals surface area contributed by atoms with Crippen LogP contribution >= 0.6 is 0 Å². The number of ketones is 2. The van der Waals surface area contributed by atoms with Crippen LogP contribution in [0, 0.1) is 41.4 Å². The number of aliphatic hydroxyl groups excluding tert-OH is 3. The van der Waals surface area contributed by atoms with E-state index in [4.69, 9.17) is 32.8 Å². The third-order valence-corrected chi connectivity index (χ3v) is 22.3. The molecule has 546 valence electrons. The van der Waals surface area contributed by atoms with Gasteiger partial charge in [0.15, 0.2) is 0 Å². The summed E-state index contributed by atoms with van der Waals surface area (Å²) in [4.78, 5) is 88.3. The van der Waals surface area contributed by atoms with Crippen LogP contribution in [0.1, 0.15) is 136 Å². The molecule has 5 aliphatic heterocycles. The van der Waals surface area contributed by atoms with Crippen molar-refractivity contribution < 1.29 is 90.4 Å². The molecule has 99 heavy (non-hydrogen) atoms. The Bertz CT molecular complexity index is 3380. The minimum absolute atomic E-state index is 0.00519. The molecule has 1 aromatic heterocycles. The van der Waals surface area contributed by atoms with E-state index in [0.29, 0.717) is 62.0 Å². The Morgan fingerprint density at radius 2 is 1.53 bits per heavy atom. The standard InChI is InChI=1S/C75H106N4O19S/c1-45(2)43-78(99(90,91)56-28-26-54(92-7)27-29-56)44-63(83)59(38-50-19-13-11-14-20-50)77-68(85)41-53(40-55-22-18-32-96-55)76-67(84)24-16-12-15-21-52-34-46(3)33-47(4)35-65(94-9)71-66(95-10)36-48(5)75(89,98-71)72(86)73(87)79-31-17-23-57-58(37-51-25-30-60(80)64(39-51)93-8)70(97-74(88)69(57)79)49(6)61(81)42-62(52)82/h11-15,18-20,22,26-29,32,34,37,45,47-49,51-53,57,59-61,63-66,69-71,80-81,83,89H,16-17,21,23-25,30-31,33,35-36,38-44H2,1-10H3,(H,76,84)(H,77,85)/b15-12+,46-34+,58-37+/t47-,48+,49+,51-,52+,53?,57?,59+,60+,61-,63-,64+,65-,66-,69-,70-,71+,75+/m0/s1. The summed E-state index contributed by atoms with van der Waals surface area (Å²) in [5, 5.41) is 53.4. The smallest absolute Gasteiger partial charge is 0.330 e. The van der Waals surface area contributed by atoms with E-state index in [0.717, 1.165) is 11.1 Å². The van der Waals surface area contributed by atoms with E-state index in [1.807, 2.05) is 76.3 Å². The molecule has 6 aliphatic rings. The normalized spacial score (nSPS) is 31.1. The molecule has 18 atom stereocenters. The molecule has 0 radical (unpaired) electrons. The number of hydrogen-bond donors (Lipinski definition) is 6. The number of hydrogen-bond acceptors (Lipinski definition) is 19. The van der Waals surface area contributed by atoms with Gasteiger partial charge in [0.05, 0.1) is 60.9 Å². The van der Waals surface area contributed by atoms with Crippen LogP contribution in [0.4, 0.5) is 0 Å². The van der Waals surface area contributed by atoms with Gasteiger partial charge in [-0.2, -0.15) is 4.31 Å². The highest BCUT2D eigenvalue weighted by molar-refractivity contribution is 7.89. The SMILES string of the molecule is COc1ccc(S(=O)(=O)N(CC(C)C)C[C@H](O)[C@@H](Cc2ccccc2)NC(=O)CC(Cc2ccco2)NC(=O)CC/C=C/C[C@@H]2/C=C(\C)C[C@H](C)C[C@H](OC)[C@H]3O[C@@](O)(C(=O)C(=O)N4CCCC5/C(=C\[C@@H]6CC[C@@H](O)[C@H](OC)C6)[C@@H](OC(=O)[C@H]54)[C@H](C)[C@@H](O)CC2=O)[C@H](C)C[C@@H]3OC)cc1. The average molecular weight is 1400 g/mol. The zero-order valence-electron chi connectivity index (χ0n) is 59.1. The van der Waals surface area contributed by atoms with Gasteiger partial charge in [-0.25, -0.2) is 13.2 Å². The Labute approximate surface area is 583 Å². The lowest BCUT2D eigenvalue weighted by Gasteiger charge is -2.49. The van der Waals surface area contributed by atoms with Gasteiger partial charge in [0, 0.05) is 96.4 Å². The molecule has 2 aromatic carbocycles. The molecule has 3 amide bonds. The number of piperidine rings is 1. The first kappa shape index (κ1) is 78.3. The maximum Gasteiger partial charge on any atom is 0.330 e. The fourth-order valence-electron chi connectivity index (χ4n) is 15.1. The molecule has 0 spiro atoms. The molecule has 6 heterocycles. The lowest BCUT2D eigenvalue weighted by Crippen LogP contribution is -2.66. The monoisotopic (exact) mass is 1400 g/mol. The number of furan rings is 1. The maximum absolute atomic E-state index is 14.9. The zero-order chi connectivity index (χ0) is 71.9. The maximum atomic E-state index is 14.9. The van der Waals surface area contributed by atoms with Gasteiger partial charge >= 0.3 is 5.97 Å². The zero-order valence-corrected chi connectivity index (χ0v) is 59.9. The van der Waals surface area contributed by atoms with Crippen molar-refractivity contribution in [1.29, 1.82) is 0 Å². The van der Waals surface area contributed by atoms with Crippen LogP contribution in [-0.2, 0) is 75.3 Å². The largest absolute Gasteiger partial charge is 0.497 e. The number of carbonyl (C=O) groups is 6. The third kappa shape index (κ3) is 20.2. The Kier molecular flexibility index (Phi) is 28.4. The Balaban J connectivity index is 1.01. The number of methoxy groups -OCH3 is 4. The minimum Gasteiger partial charge on any atom is -0.497 e. The summed E-state index contributed by atoms with van der Waals surface area (Å²) in [5.74, 6) is -9.51. The number of allylic oxidation sites excluding steroid dienone is 5. The number of aliphatic hydroxyl groups is 4. The predicted octanol–water partition coefficient (Wildman–Crippen LogP) is 7.16. The van der Waals surface area contributed by atoms with Gasteiger partial charge in [0.1, 0.15) is 35.5 Å². The first-order valence-corrected chi connectivity index (χ1v) is 36.6. The number of fused-ring (bicyclic) bond motifs is 11. The average Bonchev–Trinajstić information content (AvgIpc) is 0.781. The number of benzene rings is 2. The van der Waals surface area contributed by atoms with Crippen molar-refractivity contribution in [3.05, 3.63) is 120 Å². The van der Waals surface area contributed by atoms with E-state index in [1.165, 1.54) is 56.0 Å². The lowest BCUT2D eigenvalue weighted by atomic mass is 9.72. The van der Waals surface area contributed by atoms with Gasteiger partial charge in [-0.3, -0.25) is 24.0 Å². The highest BCUT2D eigenvalue weighted by Crippen LogP contribution is 2.45. The summed E-state index contributed by atoms with van der Waals surface area (Å²) in [5.41, 5.74) is 2.27. The van der Waals surface area contributed by atoms with Crippen molar-refractivity contribution in [2.75, 3.05) is 48.1 Å². The Hall–Kier alpha value is -6.45. The number of carbonyl (C=O) groups excluding carboxylic acids is 6. The first-order valence-electron chi connectivity index (χ1n) is 35.1. The minimum atomic E-state index is -4.12. The van der Waals surface area contributed by atoms with Crippen molar-refractivity contribution in [2.24, 2.45) is 41.4 Å². The van der Waals surface area contributed by atoms with Crippen molar-refractivity contribution in [1.82, 2.24) is 19.8 Å². The van der Waals surface area contributed by atoms with Gasteiger partial charge in [-0.15, -0.1) is 0 Å². The van der Waals surface area contributed by atoms with Gasteiger partial charge in [-0.05, 0) is 143 Å². The number of nitrogens with one attached hydrogen (secondary N) is 2. The molecule has 1 saturated carbocycles. The second-order valence-corrected chi connectivity index (χ2v) is 30.4. The van der Waals surface area contributed by atoms with Crippen LogP contribution in [0.3, 0.4) is 0 Å². The van der Waals surface area contributed by atoms with Gasteiger partial charge in [0.25, 0.3) is 11.7 Å². The van der Waals surface area contributed by atoms with E-state index >= 15 is 0 Å². The molecule has 24 heteroatoms. The molecular weight excluding hydrogens is 1290 g/mol. The number of nitrogens with zero attached hydrogens (tertiary/aromatic N) is 2. The van der Waals surface area contributed by atoms with Crippen LogP contribution < -0.4 is 15.4 Å². The molecule has 4 fully saturated rings. The molecule has 3 aromatic rings. The van der Waals surface area contributed by atoms with Gasteiger partial charge in [0.2, 0.25) is 27.6 Å². The molecule has 1 aliphatic carbocycles. The third-order valence-electron chi connectivity index (χ3n) is 20.5. The summed E-state index contributed by atoms with van der Waals surface area (Å²) in [6.45, 7) is 10.8. The Morgan fingerprint density at radius 1 is 0.818 bits per heavy atom. The number of ether oxygens (including phenoxy) is 6. The summed E-state index contributed by atoms with van der Waals surface area (Å²) in [6, 6.07) is 15.6. The number of Topliss-reactive ketones (excluding diaryl/α,β-unsaturated/α-hetero) is 2. The van der Waals surface area contributed by atoms with Crippen LogP contribution in [0.5, 0.6) is 5.75 Å². The predicted molar refractivity (Wildman–Crippen MR) is 368 cm³/mol. The van der Waals surface area contributed by atoms with Crippen molar-refractivity contribution in [3.8, 4) is 5.75 Å². The van der Waals surface area contributed by atoms with Crippen LogP contribution in [0.25, 0.3) is 0 Å². The van der Waals surface area contributed by atoms with Crippen molar-refractivity contribution in [2.45, 2.75) is 215 Å². The summed E-state index contributed by atoms with van der Waals surface area (Å²) in [6.07, 6.45) is 5.06. The molecule has 6 bridgehead atoms. The van der Waals surface area contributed by atoms with Crippen LogP contribution in [0.15, 0.2) is 118 Å². The summed E-state index contributed by atoms with van der Waals surface area (Å²) < 4.78 is 70.8. The molecule has 9 rings (SSSR count). The highest BCUT2D eigenvalue weighted by Gasteiger charge is 2.59. The summed E-state index contributed by atoms with van der Waals surface area (Å²) in [7, 11) is 1.90. The van der Waals surface area contributed by atoms with E-state index in [9.17, 15) is 57.6 Å². The second-order valence-electron chi connectivity index (χ2n) is 28.5. The lowest BCUT2D eigenvalue weighted by molar-refractivity contribution is -0.302. The molecule has 23 nitrogen and oxygen atoms in total. The highest BCUT2D eigenvalue weighted by atomic mass is 32.2. The number of esters is 1. The van der Waals surface area contributed by atoms with E-state index in [1.54, 1.807) is 44.2 Å². The van der Waals surface area contributed by atoms with Gasteiger partial charge < -0.3 is 68.8 Å². The number of amides is 3.